The average molecular weight is 225 g/mol. The van der Waals surface area contributed by atoms with Gasteiger partial charge in [0.15, 0.2) is 0 Å². The number of aryl methyl sites for hydroxylation is 1. The smallest absolute Gasteiger partial charge is 0.118 e. The molecular formula is C12H19NO3. The summed E-state index contributed by atoms with van der Waals surface area (Å²) in [5, 5.41) is 9.31. The highest BCUT2D eigenvalue weighted by atomic mass is 16.5. The Hall–Kier alpha value is -0.840. The second-order valence-corrected chi connectivity index (χ2v) is 4.37. The van der Waals surface area contributed by atoms with Crippen molar-refractivity contribution >= 4 is 0 Å². The average Bonchev–Trinajstić information content (AvgIpc) is 2.85. The Balaban J connectivity index is 1.98. The minimum atomic E-state index is 0.180. The molecular weight excluding hydrogens is 206 g/mol. The predicted octanol–water partition coefficient (Wildman–Crippen LogP) is 1.17. The molecule has 16 heavy (non-hydrogen) atoms. The zero-order valence-electron chi connectivity index (χ0n) is 9.85. The first kappa shape index (κ1) is 11.6. The molecule has 1 N–H and O–H groups in total. The van der Waals surface area contributed by atoms with Gasteiger partial charge in [-0.05, 0) is 25.5 Å². The van der Waals surface area contributed by atoms with Crippen LogP contribution in [-0.2, 0) is 11.3 Å². The van der Waals surface area contributed by atoms with E-state index in [1.807, 2.05) is 19.1 Å². The third-order valence-corrected chi connectivity index (χ3v) is 3.19. The number of methoxy groups -OCH3 is 1. The van der Waals surface area contributed by atoms with Crippen molar-refractivity contribution in [2.45, 2.75) is 32.0 Å². The lowest BCUT2D eigenvalue weighted by Gasteiger charge is -2.20. The summed E-state index contributed by atoms with van der Waals surface area (Å²) in [6.07, 6.45) is 1.13. The molecule has 0 aromatic carbocycles. The van der Waals surface area contributed by atoms with Gasteiger partial charge in [0.2, 0.25) is 0 Å². The summed E-state index contributed by atoms with van der Waals surface area (Å²) < 4.78 is 10.9. The van der Waals surface area contributed by atoms with Crippen molar-refractivity contribution in [1.82, 2.24) is 4.90 Å². The molecule has 90 valence electrons. The highest BCUT2D eigenvalue weighted by molar-refractivity contribution is 5.06. The molecule has 0 spiro atoms. The summed E-state index contributed by atoms with van der Waals surface area (Å²) in [6.45, 7) is 3.73. The van der Waals surface area contributed by atoms with Crippen LogP contribution in [0.3, 0.4) is 0 Å². The number of hydrogen-bond donors (Lipinski definition) is 1. The van der Waals surface area contributed by atoms with E-state index in [0.717, 1.165) is 31.0 Å². The fourth-order valence-corrected chi connectivity index (χ4v) is 2.26. The molecule has 4 nitrogen and oxygen atoms in total. The Morgan fingerprint density at radius 3 is 2.94 bits per heavy atom. The lowest BCUT2D eigenvalue weighted by Crippen LogP contribution is -2.31. The number of hydrogen-bond acceptors (Lipinski definition) is 4. The van der Waals surface area contributed by atoms with Crippen LogP contribution in [0.15, 0.2) is 16.5 Å². The first-order valence-electron chi connectivity index (χ1n) is 5.66. The van der Waals surface area contributed by atoms with E-state index in [2.05, 4.69) is 4.90 Å². The van der Waals surface area contributed by atoms with E-state index in [-0.39, 0.29) is 18.8 Å². The number of ether oxygens (including phenoxy) is 1. The van der Waals surface area contributed by atoms with Crippen LogP contribution in [0.25, 0.3) is 0 Å². The Labute approximate surface area is 95.8 Å². The molecule has 0 radical (unpaired) electrons. The summed E-state index contributed by atoms with van der Waals surface area (Å²) in [4.78, 5) is 2.21. The minimum absolute atomic E-state index is 0.180. The van der Waals surface area contributed by atoms with Crippen molar-refractivity contribution in [2.24, 2.45) is 0 Å². The third-order valence-electron chi connectivity index (χ3n) is 3.19. The SMILES string of the molecule is CO[C@@H]1C[C@@H](CO)N(Cc2ccc(C)o2)C1. The van der Waals surface area contributed by atoms with Gasteiger partial charge in [0.25, 0.3) is 0 Å². The lowest BCUT2D eigenvalue weighted by molar-refractivity contribution is 0.105. The Bertz CT molecular complexity index is 337. The number of rotatable bonds is 4. The van der Waals surface area contributed by atoms with E-state index in [0.29, 0.717) is 0 Å². The van der Waals surface area contributed by atoms with Gasteiger partial charge in [-0.25, -0.2) is 0 Å². The number of aliphatic hydroxyl groups is 1. The second-order valence-electron chi connectivity index (χ2n) is 4.37. The monoisotopic (exact) mass is 225 g/mol. The summed E-state index contributed by atoms with van der Waals surface area (Å²) in [6, 6.07) is 4.15. The highest BCUT2D eigenvalue weighted by Gasteiger charge is 2.31. The zero-order chi connectivity index (χ0) is 11.5. The molecule has 1 saturated heterocycles. The number of likely N-dealkylation sites (tertiary alicyclic amines) is 1. The van der Waals surface area contributed by atoms with Crippen LogP contribution >= 0.6 is 0 Å². The van der Waals surface area contributed by atoms with Crippen molar-refractivity contribution in [1.29, 1.82) is 0 Å². The van der Waals surface area contributed by atoms with Gasteiger partial charge in [0, 0.05) is 19.7 Å². The van der Waals surface area contributed by atoms with Crippen LogP contribution in [0, 0.1) is 6.92 Å². The molecule has 0 unspecified atom stereocenters. The van der Waals surface area contributed by atoms with Crippen molar-refractivity contribution in [3.63, 3.8) is 0 Å². The van der Waals surface area contributed by atoms with Crippen LogP contribution in [0.1, 0.15) is 17.9 Å². The molecule has 2 atom stereocenters. The maximum absolute atomic E-state index is 9.31. The van der Waals surface area contributed by atoms with Gasteiger partial charge in [0.05, 0.1) is 19.3 Å². The van der Waals surface area contributed by atoms with Crippen LogP contribution in [0.5, 0.6) is 0 Å². The van der Waals surface area contributed by atoms with Crippen LogP contribution in [-0.4, -0.2) is 42.4 Å². The zero-order valence-corrected chi connectivity index (χ0v) is 9.85. The molecule has 1 fully saturated rings. The molecule has 1 aliphatic rings. The predicted molar refractivity (Wildman–Crippen MR) is 60.1 cm³/mol. The van der Waals surface area contributed by atoms with Gasteiger partial charge >= 0.3 is 0 Å². The van der Waals surface area contributed by atoms with Gasteiger partial charge in [-0.2, -0.15) is 0 Å². The van der Waals surface area contributed by atoms with E-state index in [1.165, 1.54) is 0 Å². The molecule has 0 amide bonds. The van der Waals surface area contributed by atoms with Gasteiger partial charge < -0.3 is 14.3 Å². The van der Waals surface area contributed by atoms with Crippen LogP contribution in [0.4, 0.5) is 0 Å². The van der Waals surface area contributed by atoms with E-state index < -0.39 is 0 Å². The Morgan fingerprint density at radius 2 is 2.38 bits per heavy atom. The molecule has 4 heteroatoms. The molecule has 1 aliphatic heterocycles. The molecule has 1 aromatic heterocycles. The first-order valence-corrected chi connectivity index (χ1v) is 5.66. The summed E-state index contributed by atoms with van der Waals surface area (Å²) >= 11 is 0. The number of nitrogens with zero attached hydrogens (tertiary/aromatic N) is 1. The van der Waals surface area contributed by atoms with E-state index in [9.17, 15) is 5.11 Å². The summed E-state index contributed by atoms with van der Waals surface area (Å²) in [5.41, 5.74) is 0. The van der Waals surface area contributed by atoms with E-state index in [1.54, 1.807) is 7.11 Å². The maximum Gasteiger partial charge on any atom is 0.118 e. The fraction of sp³-hybridized carbons (Fsp3) is 0.667. The lowest BCUT2D eigenvalue weighted by atomic mass is 10.2. The number of furan rings is 1. The number of aliphatic hydroxyl groups excluding tert-OH is 1. The second kappa shape index (κ2) is 4.99. The summed E-state index contributed by atoms with van der Waals surface area (Å²) in [7, 11) is 1.72. The van der Waals surface area contributed by atoms with Gasteiger partial charge in [-0.3, -0.25) is 4.90 Å². The topological polar surface area (TPSA) is 45.8 Å². The minimum Gasteiger partial charge on any atom is -0.465 e. The summed E-state index contributed by atoms with van der Waals surface area (Å²) in [5.74, 6) is 1.88. The molecule has 0 bridgehead atoms. The fourth-order valence-electron chi connectivity index (χ4n) is 2.26. The van der Waals surface area contributed by atoms with Crippen LogP contribution < -0.4 is 0 Å². The first-order chi connectivity index (χ1) is 7.72. The Morgan fingerprint density at radius 1 is 1.56 bits per heavy atom. The van der Waals surface area contributed by atoms with Crippen molar-refractivity contribution < 1.29 is 14.3 Å². The van der Waals surface area contributed by atoms with E-state index >= 15 is 0 Å². The Kier molecular flexibility index (Phi) is 3.63. The van der Waals surface area contributed by atoms with Crippen molar-refractivity contribution in [3.8, 4) is 0 Å². The largest absolute Gasteiger partial charge is 0.465 e. The van der Waals surface area contributed by atoms with Crippen molar-refractivity contribution in [3.05, 3.63) is 23.7 Å². The normalized spacial score (nSPS) is 26.4. The third kappa shape index (κ3) is 2.45. The van der Waals surface area contributed by atoms with Gasteiger partial charge in [-0.1, -0.05) is 0 Å². The maximum atomic E-state index is 9.31. The molecule has 0 aliphatic carbocycles. The molecule has 1 aromatic rings. The molecule has 2 rings (SSSR count). The molecule has 2 heterocycles. The standard InChI is InChI=1S/C12H19NO3/c1-9-3-4-11(16-9)6-13-7-12(15-2)5-10(13)8-14/h3-4,10,12,14H,5-8H2,1-2H3/t10-,12+/m0/s1. The van der Waals surface area contributed by atoms with Gasteiger partial charge in [0.1, 0.15) is 11.5 Å². The van der Waals surface area contributed by atoms with Crippen molar-refractivity contribution in [2.75, 3.05) is 20.3 Å². The van der Waals surface area contributed by atoms with E-state index in [4.69, 9.17) is 9.15 Å². The quantitative estimate of drug-likeness (QED) is 0.835. The van der Waals surface area contributed by atoms with Gasteiger partial charge in [-0.15, -0.1) is 0 Å². The highest BCUT2D eigenvalue weighted by Crippen LogP contribution is 2.22. The van der Waals surface area contributed by atoms with Crippen LogP contribution in [0.2, 0.25) is 0 Å². The molecule has 0 saturated carbocycles.